The average Bonchev–Trinajstić information content (AvgIpc) is 3.41. The Balaban J connectivity index is 1.17. The van der Waals surface area contributed by atoms with Gasteiger partial charge in [-0.2, -0.15) is 0 Å². The fourth-order valence-electron chi connectivity index (χ4n) is 5.14. The van der Waals surface area contributed by atoms with Crippen LogP contribution in [0.4, 0.5) is 0 Å². The van der Waals surface area contributed by atoms with Gasteiger partial charge in [0.15, 0.2) is 12.4 Å². The van der Waals surface area contributed by atoms with E-state index in [2.05, 4.69) is 0 Å². The molecule has 2 aromatic carbocycles. The summed E-state index contributed by atoms with van der Waals surface area (Å²) >= 11 is 6.00. The third kappa shape index (κ3) is 3.56. The number of carbonyl (C=O) groups is 4. The molecule has 5 atom stereocenters. The fourth-order valence-corrected chi connectivity index (χ4v) is 5.35. The maximum absolute atomic E-state index is 12.6. The first-order chi connectivity index (χ1) is 15.4. The molecule has 3 fully saturated rings. The summed E-state index contributed by atoms with van der Waals surface area (Å²) in [6.07, 6.45) is 1.42. The lowest BCUT2D eigenvalue weighted by Crippen LogP contribution is -2.34. The number of rotatable bonds is 6. The van der Waals surface area contributed by atoms with Crippen molar-refractivity contribution in [2.45, 2.75) is 18.9 Å². The van der Waals surface area contributed by atoms with E-state index in [1.54, 1.807) is 24.3 Å². The summed E-state index contributed by atoms with van der Waals surface area (Å²) in [4.78, 5) is 49.3. The summed E-state index contributed by atoms with van der Waals surface area (Å²) in [6.45, 7) is -0.420. The van der Waals surface area contributed by atoms with Crippen molar-refractivity contribution in [1.82, 2.24) is 0 Å². The van der Waals surface area contributed by atoms with Crippen molar-refractivity contribution in [1.29, 1.82) is 0 Å². The molecule has 0 N–H and O–H groups in total. The number of fused-ring (bicyclic) bond motifs is 1. The molecule has 0 amide bonds. The summed E-state index contributed by atoms with van der Waals surface area (Å²) in [5, 5.41) is 0.281. The van der Waals surface area contributed by atoms with Crippen molar-refractivity contribution in [2.24, 2.45) is 23.7 Å². The quantitative estimate of drug-likeness (QED) is 0.374. The van der Waals surface area contributed by atoms with Gasteiger partial charge in [-0.15, -0.1) is 0 Å². The summed E-state index contributed by atoms with van der Waals surface area (Å²) < 4.78 is 15.9. The molecule has 32 heavy (non-hydrogen) atoms. The lowest BCUT2D eigenvalue weighted by molar-refractivity contribution is -0.154. The van der Waals surface area contributed by atoms with Gasteiger partial charge in [-0.25, -0.2) is 4.79 Å². The monoisotopic (exact) mass is 454 g/mol. The lowest BCUT2D eigenvalue weighted by atomic mass is 9.80. The highest BCUT2D eigenvalue weighted by atomic mass is 35.5. The Morgan fingerprint density at radius 2 is 1.78 bits per heavy atom. The van der Waals surface area contributed by atoms with Crippen molar-refractivity contribution in [3.05, 3.63) is 64.7 Å². The molecule has 0 spiro atoms. The molecule has 0 unspecified atom stereocenters. The molecule has 5 rings (SSSR count). The molecule has 1 aliphatic heterocycles. The molecular formula is C24H19ClO7. The average molecular weight is 455 g/mol. The minimum absolute atomic E-state index is 0.0614. The summed E-state index contributed by atoms with van der Waals surface area (Å²) in [5.74, 6) is -2.37. The van der Waals surface area contributed by atoms with E-state index in [4.69, 9.17) is 25.8 Å². The van der Waals surface area contributed by atoms with Crippen LogP contribution in [-0.4, -0.2) is 36.4 Å². The predicted molar refractivity (Wildman–Crippen MR) is 111 cm³/mol. The van der Waals surface area contributed by atoms with Crippen LogP contribution in [0.5, 0.6) is 5.75 Å². The van der Waals surface area contributed by atoms with E-state index in [0.29, 0.717) is 12.0 Å². The van der Waals surface area contributed by atoms with Crippen LogP contribution >= 0.6 is 11.6 Å². The van der Waals surface area contributed by atoms with E-state index in [0.717, 1.165) is 6.42 Å². The molecule has 3 aliphatic rings. The van der Waals surface area contributed by atoms with Gasteiger partial charge in [-0.05, 0) is 55.2 Å². The highest BCUT2D eigenvalue weighted by molar-refractivity contribution is 6.33. The standard InChI is InChI=1S/C24H19ClO7/c25-17-4-2-1-3-15(17)22(27)31-14-7-5-12(6-8-14)18(26)11-30-23(28)20-13-9-16-19(10-13)32-24(29)21(16)20/h1-8,13,16,19-21H,9-11H2/t13-,16+,19-,20-,21-/m1/s1. The first-order valence-corrected chi connectivity index (χ1v) is 10.8. The van der Waals surface area contributed by atoms with Gasteiger partial charge >= 0.3 is 17.9 Å². The van der Waals surface area contributed by atoms with Gasteiger partial charge in [0.1, 0.15) is 11.9 Å². The molecule has 2 saturated carbocycles. The van der Waals surface area contributed by atoms with Crippen LogP contribution in [0.3, 0.4) is 0 Å². The van der Waals surface area contributed by atoms with Crippen molar-refractivity contribution < 1.29 is 33.4 Å². The predicted octanol–water partition coefficient (Wildman–Crippen LogP) is 3.48. The van der Waals surface area contributed by atoms with Gasteiger partial charge in [0, 0.05) is 11.5 Å². The Morgan fingerprint density at radius 3 is 2.53 bits per heavy atom. The van der Waals surface area contributed by atoms with Crippen LogP contribution in [0, 0.1) is 23.7 Å². The maximum Gasteiger partial charge on any atom is 0.345 e. The third-order valence-corrected chi connectivity index (χ3v) is 6.91. The SMILES string of the molecule is O=C(COC(=O)[C@@H]1[C@@H]2C[C@@H]3[C@H]1C(=O)O[C@@H]3C2)c1ccc(OC(=O)c2ccccc2Cl)cc1. The van der Waals surface area contributed by atoms with Crippen LogP contribution in [0.1, 0.15) is 33.6 Å². The van der Waals surface area contributed by atoms with Crippen molar-refractivity contribution in [2.75, 3.05) is 6.61 Å². The first-order valence-electron chi connectivity index (χ1n) is 10.4. The smallest absolute Gasteiger partial charge is 0.345 e. The highest BCUT2D eigenvalue weighted by Gasteiger charge is 2.64. The minimum Gasteiger partial charge on any atom is -0.462 e. The van der Waals surface area contributed by atoms with Gasteiger partial charge < -0.3 is 14.2 Å². The zero-order valence-corrected chi connectivity index (χ0v) is 17.6. The van der Waals surface area contributed by atoms with Gasteiger partial charge in [0.25, 0.3) is 0 Å². The molecule has 2 aromatic rings. The number of ether oxygens (including phenoxy) is 3. The molecule has 2 bridgehead atoms. The van der Waals surface area contributed by atoms with Crippen LogP contribution in [0.25, 0.3) is 0 Å². The topological polar surface area (TPSA) is 96.0 Å². The molecule has 0 radical (unpaired) electrons. The summed E-state index contributed by atoms with van der Waals surface area (Å²) in [7, 11) is 0. The van der Waals surface area contributed by atoms with Gasteiger partial charge in [0.2, 0.25) is 0 Å². The third-order valence-electron chi connectivity index (χ3n) is 6.58. The molecule has 0 aromatic heterocycles. The Labute approximate surface area is 188 Å². The normalized spacial score (nSPS) is 27.2. The van der Waals surface area contributed by atoms with Gasteiger partial charge in [0.05, 0.1) is 22.4 Å². The Kier molecular flexibility index (Phi) is 5.21. The number of Topliss-reactive ketones (excluding diaryl/α,β-unsaturated/α-hetero) is 1. The van der Waals surface area contributed by atoms with E-state index in [1.165, 1.54) is 24.3 Å². The summed E-state index contributed by atoms with van der Waals surface area (Å²) in [6, 6.07) is 12.5. The zero-order chi connectivity index (χ0) is 22.4. The molecule has 1 heterocycles. The van der Waals surface area contributed by atoms with Gasteiger partial charge in [-0.1, -0.05) is 23.7 Å². The van der Waals surface area contributed by atoms with Crippen molar-refractivity contribution in [3.8, 4) is 5.75 Å². The van der Waals surface area contributed by atoms with E-state index >= 15 is 0 Å². The molecule has 1 saturated heterocycles. The van der Waals surface area contributed by atoms with Crippen molar-refractivity contribution >= 4 is 35.3 Å². The lowest BCUT2D eigenvalue weighted by Gasteiger charge is -2.22. The summed E-state index contributed by atoms with van der Waals surface area (Å²) in [5.41, 5.74) is 0.544. The Hall–Kier alpha value is -3.19. The fraction of sp³-hybridized carbons (Fsp3) is 0.333. The number of ketones is 1. The number of carbonyl (C=O) groups excluding carboxylic acids is 4. The minimum atomic E-state index is -0.609. The second-order valence-corrected chi connectivity index (χ2v) is 8.75. The van der Waals surface area contributed by atoms with E-state index in [1.807, 2.05) is 0 Å². The van der Waals surface area contributed by atoms with Crippen molar-refractivity contribution in [3.63, 3.8) is 0 Å². The number of hydrogen-bond acceptors (Lipinski definition) is 7. The van der Waals surface area contributed by atoms with E-state index < -0.39 is 36.2 Å². The molecule has 164 valence electrons. The first kappa shape index (κ1) is 20.7. The van der Waals surface area contributed by atoms with E-state index in [9.17, 15) is 19.2 Å². The molecule has 8 heteroatoms. The molecular weight excluding hydrogens is 436 g/mol. The molecule has 7 nitrogen and oxygen atoms in total. The number of halogens is 1. The van der Waals surface area contributed by atoms with E-state index in [-0.39, 0.29) is 40.2 Å². The number of hydrogen-bond donors (Lipinski definition) is 0. The largest absolute Gasteiger partial charge is 0.462 e. The second-order valence-electron chi connectivity index (χ2n) is 8.35. The zero-order valence-electron chi connectivity index (χ0n) is 16.9. The van der Waals surface area contributed by atoms with Gasteiger partial charge in [-0.3, -0.25) is 14.4 Å². The maximum atomic E-state index is 12.6. The van der Waals surface area contributed by atoms with Crippen LogP contribution in [0.15, 0.2) is 48.5 Å². The second kappa shape index (κ2) is 8.06. The van der Waals surface area contributed by atoms with Crippen LogP contribution < -0.4 is 4.74 Å². The Bertz CT molecular complexity index is 1110. The number of benzene rings is 2. The van der Waals surface area contributed by atoms with Crippen LogP contribution in [-0.2, 0) is 19.1 Å². The molecule has 2 aliphatic carbocycles. The Morgan fingerprint density at radius 1 is 1.03 bits per heavy atom. The number of esters is 3. The highest BCUT2D eigenvalue weighted by Crippen LogP contribution is 2.57. The van der Waals surface area contributed by atoms with Crippen LogP contribution in [0.2, 0.25) is 5.02 Å².